The van der Waals surface area contributed by atoms with Crippen LogP contribution in [0.4, 0.5) is 10.1 Å². The molecule has 2 aromatic carbocycles. The molecular weight excluding hydrogens is 549 g/mol. The van der Waals surface area contributed by atoms with Crippen molar-refractivity contribution in [2.45, 2.75) is 46.1 Å². The molecule has 8 heteroatoms. The maximum Gasteiger partial charge on any atom is 0.159 e. The Morgan fingerprint density at radius 2 is 1.95 bits per heavy atom. The number of anilines is 1. The molecule has 4 N–H and O–H groups in total. The van der Waals surface area contributed by atoms with Crippen LogP contribution in [0.25, 0.3) is 51.4 Å². The van der Waals surface area contributed by atoms with Crippen molar-refractivity contribution in [3.8, 4) is 22.6 Å². The number of hydrogen-bond acceptors (Lipinski definition) is 5. The normalized spacial score (nSPS) is 14.5. The Labute approximate surface area is 256 Å². The van der Waals surface area contributed by atoms with Crippen molar-refractivity contribution in [2.75, 3.05) is 11.9 Å². The van der Waals surface area contributed by atoms with Gasteiger partial charge in [-0.3, -0.25) is 10.1 Å². The fraction of sp³-hybridized carbons (Fsp3) is 0.250. The molecule has 0 saturated heterocycles. The number of aromatic amines is 2. The molecule has 0 aliphatic heterocycles. The molecule has 3 aromatic heterocycles. The van der Waals surface area contributed by atoms with Gasteiger partial charge in [0.05, 0.1) is 28.3 Å². The second kappa shape index (κ2) is 12.8. The number of nitrogens with one attached hydrogen (secondary N) is 4. The average molecular weight is 588 g/mol. The molecule has 5 aromatic rings. The fourth-order valence-electron chi connectivity index (χ4n) is 5.97. The van der Waals surface area contributed by atoms with Gasteiger partial charge in [-0.05, 0) is 85.3 Å². The van der Waals surface area contributed by atoms with Crippen molar-refractivity contribution in [2.24, 2.45) is 5.92 Å². The summed E-state index contributed by atoms with van der Waals surface area (Å²) in [6.07, 6.45) is 12.5. The first-order valence-electron chi connectivity index (χ1n) is 15.3. The largest absolute Gasteiger partial charge is 0.358 e. The van der Waals surface area contributed by atoms with Gasteiger partial charge in [0.25, 0.3) is 0 Å². The van der Waals surface area contributed by atoms with E-state index in [9.17, 15) is 4.39 Å². The number of halogens is 1. The SMILES string of the molecule is C=C(/C=c1/c(-c2nc3c(-c4cc(F)cc(CNCC)c4)cccc3[nH]2)n[nH]/c1=C/C)c1cncc(NC(=C)C2CCCC2)c1. The number of hydrogen-bond donors (Lipinski definition) is 4. The summed E-state index contributed by atoms with van der Waals surface area (Å²) in [6.45, 7) is 14.1. The van der Waals surface area contributed by atoms with Gasteiger partial charge in [0, 0.05) is 34.8 Å². The summed E-state index contributed by atoms with van der Waals surface area (Å²) in [5.41, 5.74) is 8.43. The molecule has 7 nitrogen and oxygen atoms in total. The molecule has 0 unspecified atom stereocenters. The number of pyridine rings is 1. The number of imidazole rings is 1. The van der Waals surface area contributed by atoms with Crippen LogP contribution in [0.5, 0.6) is 0 Å². The minimum atomic E-state index is -0.273. The van der Waals surface area contributed by atoms with Crippen molar-refractivity contribution >= 4 is 34.4 Å². The number of nitrogens with zero attached hydrogens (tertiary/aromatic N) is 3. The third kappa shape index (κ3) is 6.12. The van der Waals surface area contributed by atoms with E-state index in [4.69, 9.17) is 4.98 Å². The minimum Gasteiger partial charge on any atom is -0.358 e. The second-order valence-electron chi connectivity index (χ2n) is 11.4. The first-order valence-corrected chi connectivity index (χ1v) is 15.3. The zero-order chi connectivity index (χ0) is 30.6. The van der Waals surface area contributed by atoms with Crippen LogP contribution >= 0.6 is 0 Å². The molecule has 0 spiro atoms. The number of rotatable bonds is 10. The maximum absolute atomic E-state index is 14.6. The smallest absolute Gasteiger partial charge is 0.159 e. The zero-order valence-electron chi connectivity index (χ0n) is 25.3. The Morgan fingerprint density at radius 1 is 1.11 bits per heavy atom. The molecule has 1 fully saturated rings. The average Bonchev–Trinajstić information content (AvgIpc) is 3.80. The maximum atomic E-state index is 14.6. The molecule has 1 aliphatic rings. The number of fused-ring (bicyclic) bond motifs is 1. The summed E-state index contributed by atoms with van der Waals surface area (Å²) >= 11 is 0. The molecular formula is C36H38FN7. The van der Waals surface area contributed by atoms with Crippen molar-refractivity contribution < 1.29 is 4.39 Å². The number of benzene rings is 2. The van der Waals surface area contributed by atoms with Gasteiger partial charge >= 0.3 is 0 Å². The molecule has 44 heavy (non-hydrogen) atoms. The molecule has 6 rings (SSSR count). The van der Waals surface area contributed by atoms with Crippen LogP contribution in [0.2, 0.25) is 0 Å². The molecule has 0 amide bonds. The van der Waals surface area contributed by atoms with E-state index in [-0.39, 0.29) is 5.82 Å². The Kier molecular flexibility index (Phi) is 8.52. The topological polar surface area (TPSA) is 94.3 Å². The summed E-state index contributed by atoms with van der Waals surface area (Å²) in [5, 5.41) is 16.2. The van der Waals surface area contributed by atoms with Crippen LogP contribution in [0.15, 0.2) is 73.7 Å². The molecule has 3 heterocycles. The van der Waals surface area contributed by atoms with E-state index in [1.807, 2.05) is 62.7 Å². The van der Waals surface area contributed by atoms with Crippen LogP contribution in [-0.2, 0) is 6.54 Å². The lowest BCUT2D eigenvalue weighted by molar-refractivity contribution is 0.622. The number of para-hydroxylation sites is 1. The summed E-state index contributed by atoms with van der Waals surface area (Å²) in [4.78, 5) is 12.9. The van der Waals surface area contributed by atoms with Crippen molar-refractivity contribution in [3.63, 3.8) is 0 Å². The van der Waals surface area contributed by atoms with E-state index in [1.165, 1.54) is 25.7 Å². The fourth-order valence-corrected chi connectivity index (χ4v) is 5.97. The van der Waals surface area contributed by atoms with E-state index >= 15 is 0 Å². The van der Waals surface area contributed by atoms with E-state index in [1.54, 1.807) is 12.1 Å². The van der Waals surface area contributed by atoms with Gasteiger partial charge in [-0.15, -0.1) is 0 Å². The number of aromatic nitrogens is 5. The van der Waals surface area contributed by atoms with Crippen LogP contribution in [-0.4, -0.2) is 31.7 Å². The predicted octanol–water partition coefficient (Wildman–Crippen LogP) is 6.67. The lowest BCUT2D eigenvalue weighted by Gasteiger charge is -2.16. The van der Waals surface area contributed by atoms with Gasteiger partial charge in [-0.2, -0.15) is 5.10 Å². The number of allylic oxidation sites excluding steroid dienone is 2. The standard InChI is InChI=1S/C36H38FN7/c1-5-32-31(14-22(3)27-18-29(21-39-20-27)40-23(4)25-10-7-8-11-25)35(44-43-32)36-41-33-13-9-12-30(34(33)42-36)26-15-24(19-38-6-2)16-28(37)17-26/h5,9,12-18,20-21,25,38,40,43H,3-4,6-8,10-11,19H2,1-2H3,(H,41,42)/b31-14+,32-5+. The van der Waals surface area contributed by atoms with Crippen molar-refractivity contribution in [3.05, 3.63) is 101 Å². The quantitative estimate of drug-likeness (QED) is 0.146. The number of H-pyrrole nitrogens is 2. The first kappa shape index (κ1) is 29.3. The van der Waals surface area contributed by atoms with Gasteiger partial charge in [-0.25, -0.2) is 9.37 Å². The summed E-state index contributed by atoms with van der Waals surface area (Å²) in [5.74, 6) is 0.849. The van der Waals surface area contributed by atoms with Gasteiger partial charge in [-0.1, -0.05) is 51.1 Å². The van der Waals surface area contributed by atoms with Gasteiger partial charge in [0.2, 0.25) is 0 Å². The van der Waals surface area contributed by atoms with Gasteiger partial charge < -0.3 is 15.6 Å². The van der Waals surface area contributed by atoms with Gasteiger partial charge in [0.1, 0.15) is 11.5 Å². The van der Waals surface area contributed by atoms with E-state index in [0.717, 1.165) is 67.4 Å². The minimum absolute atomic E-state index is 0.273. The van der Waals surface area contributed by atoms with Crippen LogP contribution in [0.1, 0.15) is 50.7 Å². The van der Waals surface area contributed by atoms with Crippen LogP contribution in [0.3, 0.4) is 0 Å². The molecule has 1 saturated carbocycles. The van der Waals surface area contributed by atoms with Gasteiger partial charge in [0.15, 0.2) is 5.82 Å². The third-order valence-electron chi connectivity index (χ3n) is 8.29. The Morgan fingerprint density at radius 3 is 2.75 bits per heavy atom. The summed E-state index contributed by atoms with van der Waals surface area (Å²) in [6, 6.07) is 13.1. The molecule has 1 aliphatic carbocycles. The molecule has 0 radical (unpaired) electrons. The highest BCUT2D eigenvalue weighted by Gasteiger charge is 2.19. The van der Waals surface area contributed by atoms with Crippen LogP contribution < -0.4 is 21.2 Å². The van der Waals surface area contributed by atoms with Crippen LogP contribution in [0, 0.1) is 11.7 Å². The van der Waals surface area contributed by atoms with E-state index in [2.05, 4.69) is 50.0 Å². The lowest BCUT2D eigenvalue weighted by Crippen LogP contribution is -2.23. The highest BCUT2D eigenvalue weighted by molar-refractivity contribution is 5.94. The highest BCUT2D eigenvalue weighted by Crippen LogP contribution is 2.32. The summed E-state index contributed by atoms with van der Waals surface area (Å²) < 4.78 is 14.6. The zero-order valence-corrected chi connectivity index (χ0v) is 25.3. The Balaban J connectivity index is 1.35. The van der Waals surface area contributed by atoms with Crippen molar-refractivity contribution in [1.82, 2.24) is 30.5 Å². The predicted molar refractivity (Wildman–Crippen MR) is 178 cm³/mol. The monoisotopic (exact) mass is 587 g/mol. The van der Waals surface area contributed by atoms with Crippen molar-refractivity contribution in [1.29, 1.82) is 0 Å². The molecule has 0 bridgehead atoms. The third-order valence-corrected chi connectivity index (χ3v) is 8.29. The second-order valence-corrected chi connectivity index (χ2v) is 11.4. The highest BCUT2D eigenvalue weighted by atomic mass is 19.1. The lowest BCUT2D eigenvalue weighted by atomic mass is 10.0. The Bertz CT molecular complexity index is 1960. The molecule has 224 valence electrons. The van der Waals surface area contributed by atoms with E-state index in [0.29, 0.717) is 24.0 Å². The summed E-state index contributed by atoms with van der Waals surface area (Å²) in [7, 11) is 0. The first-order chi connectivity index (χ1) is 21.4. The van der Waals surface area contributed by atoms with E-state index < -0.39 is 0 Å². The molecule has 0 atom stereocenters. The Hall–Kier alpha value is -4.82.